The number of unbranched alkanes of at least 4 members (excludes halogenated alkanes) is 4. The minimum Gasteiger partial charge on any atom is -0.0654 e. The molecule has 0 fully saturated rings. The van der Waals surface area contributed by atoms with Crippen molar-refractivity contribution in [3.05, 3.63) is 107 Å². The van der Waals surface area contributed by atoms with Gasteiger partial charge in [-0.2, -0.15) is 0 Å². The largest absolute Gasteiger partial charge is 0.0654 e. The first-order valence-electron chi connectivity index (χ1n) is 13.0. The SMILES string of the molecule is CCCCCc1ccc(-c2ccc(C#Cc3ccc4cc(CCCCC)ccc4c3)cc2)cc1. The smallest absolute Gasteiger partial charge is 0.0255 e. The molecule has 34 heavy (non-hydrogen) atoms. The van der Waals surface area contributed by atoms with Crippen molar-refractivity contribution in [3.63, 3.8) is 0 Å². The van der Waals surface area contributed by atoms with Gasteiger partial charge in [-0.1, -0.05) is 112 Å². The highest BCUT2D eigenvalue weighted by atomic mass is 14.1. The van der Waals surface area contributed by atoms with E-state index in [9.17, 15) is 0 Å². The van der Waals surface area contributed by atoms with E-state index in [-0.39, 0.29) is 0 Å². The summed E-state index contributed by atoms with van der Waals surface area (Å²) in [7, 11) is 0. The van der Waals surface area contributed by atoms with Crippen LogP contribution in [-0.2, 0) is 12.8 Å². The van der Waals surface area contributed by atoms with Gasteiger partial charge in [0.05, 0.1) is 0 Å². The van der Waals surface area contributed by atoms with Crippen molar-refractivity contribution < 1.29 is 0 Å². The first-order valence-corrected chi connectivity index (χ1v) is 13.0. The van der Waals surface area contributed by atoms with Crippen molar-refractivity contribution in [3.8, 4) is 23.0 Å². The molecular weight excluding hydrogens is 408 g/mol. The van der Waals surface area contributed by atoms with Gasteiger partial charge in [0, 0.05) is 11.1 Å². The Morgan fingerprint density at radius 1 is 0.471 bits per heavy atom. The Kier molecular flexibility index (Phi) is 8.59. The molecule has 0 aliphatic heterocycles. The van der Waals surface area contributed by atoms with E-state index in [1.807, 2.05) is 0 Å². The van der Waals surface area contributed by atoms with Crippen LogP contribution in [0.2, 0.25) is 0 Å². The van der Waals surface area contributed by atoms with E-state index >= 15 is 0 Å². The standard InChI is InChI=1S/C34H36/c1-3-5-7-9-27-13-19-31(20-14-27)32-21-15-28(16-22-32)11-12-30-18-24-33-25-29(10-8-6-4-2)17-23-34(33)26-30/h13-26H,3-10H2,1-2H3. The van der Waals surface area contributed by atoms with Crippen LogP contribution in [0.1, 0.15) is 74.6 Å². The molecule has 0 aliphatic rings. The predicted molar refractivity (Wildman–Crippen MR) is 148 cm³/mol. The molecule has 0 atom stereocenters. The third-order valence-corrected chi connectivity index (χ3v) is 6.57. The third-order valence-electron chi connectivity index (χ3n) is 6.57. The monoisotopic (exact) mass is 444 g/mol. The van der Waals surface area contributed by atoms with Crippen molar-refractivity contribution in [2.24, 2.45) is 0 Å². The Hall–Kier alpha value is -3.30. The van der Waals surface area contributed by atoms with E-state index in [1.165, 1.54) is 84.4 Å². The summed E-state index contributed by atoms with van der Waals surface area (Å²) in [5, 5.41) is 2.57. The molecule has 0 nitrogen and oxygen atoms in total. The molecule has 0 amide bonds. The normalized spacial score (nSPS) is 10.8. The second-order valence-electron chi connectivity index (χ2n) is 9.33. The molecule has 0 heterocycles. The molecule has 0 saturated carbocycles. The van der Waals surface area contributed by atoms with E-state index in [4.69, 9.17) is 0 Å². The maximum Gasteiger partial charge on any atom is 0.0255 e. The van der Waals surface area contributed by atoms with Crippen LogP contribution in [-0.4, -0.2) is 0 Å². The molecule has 0 spiro atoms. The zero-order valence-electron chi connectivity index (χ0n) is 20.7. The lowest BCUT2D eigenvalue weighted by molar-refractivity contribution is 0.717. The Morgan fingerprint density at radius 2 is 0.971 bits per heavy atom. The fraction of sp³-hybridized carbons (Fsp3) is 0.294. The first kappa shape index (κ1) is 23.8. The van der Waals surface area contributed by atoms with E-state index in [0.717, 1.165) is 11.1 Å². The van der Waals surface area contributed by atoms with Gasteiger partial charge >= 0.3 is 0 Å². The molecule has 172 valence electrons. The lowest BCUT2D eigenvalue weighted by atomic mass is 10.00. The first-order chi connectivity index (χ1) is 16.7. The summed E-state index contributed by atoms with van der Waals surface area (Å²) in [6.45, 7) is 4.51. The van der Waals surface area contributed by atoms with Crippen LogP contribution in [0, 0.1) is 11.8 Å². The van der Waals surface area contributed by atoms with E-state index < -0.39 is 0 Å². The second-order valence-corrected chi connectivity index (χ2v) is 9.33. The molecular formula is C34H36. The fourth-order valence-electron chi connectivity index (χ4n) is 4.44. The van der Waals surface area contributed by atoms with Crippen LogP contribution in [0.15, 0.2) is 84.9 Å². The molecule has 0 unspecified atom stereocenters. The lowest BCUT2D eigenvalue weighted by Gasteiger charge is -2.05. The highest BCUT2D eigenvalue weighted by molar-refractivity contribution is 5.84. The summed E-state index contributed by atoms with van der Waals surface area (Å²) >= 11 is 0. The van der Waals surface area contributed by atoms with Crippen LogP contribution in [0.4, 0.5) is 0 Å². The Morgan fingerprint density at radius 3 is 1.65 bits per heavy atom. The van der Waals surface area contributed by atoms with E-state index in [0.29, 0.717) is 0 Å². The Bertz CT molecular complexity index is 1250. The van der Waals surface area contributed by atoms with Gasteiger partial charge in [0.15, 0.2) is 0 Å². The molecule has 0 bridgehead atoms. The van der Waals surface area contributed by atoms with Gasteiger partial charge in [0.2, 0.25) is 0 Å². The van der Waals surface area contributed by atoms with E-state index in [2.05, 4.69) is 111 Å². The van der Waals surface area contributed by atoms with Crippen molar-refractivity contribution in [2.75, 3.05) is 0 Å². The average Bonchev–Trinajstić information content (AvgIpc) is 2.88. The minimum absolute atomic E-state index is 1.05. The Labute approximate surface area is 206 Å². The van der Waals surface area contributed by atoms with Crippen molar-refractivity contribution in [1.29, 1.82) is 0 Å². The zero-order chi connectivity index (χ0) is 23.6. The van der Waals surface area contributed by atoms with Gasteiger partial charge in [-0.05, 0) is 83.0 Å². The van der Waals surface area contributed by atoms with Crippen molar-refractivity contribution >= 4 is 10.8 Å². The van der Waals surface area contributed by atoms with Gasteiger partial charge in [0.25, 0.3) is 0 Å². The van der Waals surface area contributed by atoms with Gasteiger partial charge < -0.3 is 0 Å². The topological polar surface area (TPSA) is 0 Å². The number of hydrogen-bond acceptors (Lipinski definition) is 0. The lowest BCUT2D eigenvalue weighted by Crippen LogP contribution is -1.86. The number of benzene rings is 4. The Balaban J connectivity index is 1.41. The maximum absolute atomic E-state index is 3.35. The third kappa shape index (κ3) is 6.61. The highest BCUT2D eigenvalue weighted by Crippen LogP contribution is 2.22. The summed E-state index contributed by atoms with van der Waals surface area (Å²) in [5.41, 5.74) is 7.49. The molecule has 0 saturated heterocycles. The van der Waals surface area contributed by atoms with Crippen LogP contribution in [0.25, 0.3) is 21.9 Å². The molecule has 4 aromatic carbocycles. The molecule has 0 radical (unpaired) electrons. The van der Waals surface area contributed by atoms with Gasteiger partial charge in [-0.15, -0.1) is 0 Å². The summed E-state index contributed by atoms with van der Waals surface area (Å²) in [5.74, 6) is 6.69. The minimum atomic E-state index is 1.05. The number of aryl methyl sites for hydroxylation is 2. The number of fused-ring (bicyclic) bond motifs is 1. The molecule has 0 heteroatoms. The molecule has 0 N–H and O–H groups in total. The summed E-state index contributed by atoms with van der Waals surface area (Å²) in [4.78, 5) is 0. The zero-order valence-corrected chi connectivity index (χ0v) is 20.7. The highest BCUT2D eigenvalue weighted by Gasteiger charge is 2.00. The van der Waals surface area contributed by atoms with Crippen molar-refractivity contribution in [2.45, 2.75) is 65.2 Å². The molecule has 4 rings (SSSR count). The van der Waals surface area contributed by atoms with Crippen LogP contribution in [0.3, 0.4) is 0 Å². The van der Waals surface area contributed by atoms with Crippen LogP contribution in [0.5, 0.6) is 0 Å². The fourth-order valence-corrected chi connectivity index (χ4v) is 4.44. The quantitative estimate of drug-likeness (QED) is 0.178. The van der Waals surface area contributed by atoms with Crippen molar-refractivity contribution in [1.82, 2.24) is 0 Å². The van der Waals surface area contributed by atoms with Crippen LogP contribution < -0.4 is 0 Å². The second kappa shape index (κ2) is 12.2. The van der Waals surface area contributed by atoms with Gasteiger partial charge in [-0.3, -0.25) is 0 Å². The maximum atomic E-state index is 3.35. The van der Waals surface area contributed by atoms with Gasteiger partial charge in [-0.25, -0.2) is 0 Å². The predicted octanol–water partition coefficient (Wildman–Crippen LogP) is 9.37. The van der Waals surface area contributed by atoms with Crippen LogP contribution >= 0.6 is 0 Å². The number of rotatable bonds is 9. The summed E-state index contributed by atoms with van der Waals surface area (Å²) in [6.07, 6.45) is 10.1. The average molecular weight is 445 g/mol. The number of hydrogen-bond donors (Lipinski definition) is 0. The molecule has 4 aromatic rings. The van der Waals surface area contributed by atoms with Gasteiger partial charge in [0.1, 0.15) is 0 Å². The summed E-state index contributed by atoms with van der Waals surface area (Å²) < 4.78 is 0. The summed E-state index contributed by atoms with van der Waals surface area (Å²) in [6, 6.07) is 31.0. The van der Waals surface area contributed by atoms with E-state index in [1.54, 1.807) is 0 Å². The molecule has 0 aromatic heterocycles. The molecule has 0 aliphatic carbocycles.